The van der Waals surface area contributed by atoms with Crippen LogP contribution in [0.3, 0.4) is 0 Å². The Morgan fingerprint density at radius 1 is 1.38 bits per heavy atom. The molecule has 0 bridgehead atoms. The van der Waals surface area contributed by atoms with Crippen LogP contribution in [0.2, 0.25) is 0 Å². The summed E-state index contributed by atoms with van der Waals surface area (Å²) in [6, 6.07) is 8.66. The Bertz CT molecular complexity index is 479. The van der Waals surface area contributed by atoms with Crippen molar-refractivity contribution in [2.75, 3.05) is 0 Å². The lowest BCUT2D eigenvalue weighted by molar-refractivity contribution is 0.542. The minimum absolute atomic E-state index is 0.477. The van der Waals surface area contributed by atoms with Crippen molar-refractivity contribution < 1.29 is 0 Å². The predicted octanol–water partition coefficient (Wildman–Crippen LogP) is 2.30. The Hall–Kier alpha value is -1.35. The summed E-state index contributed by atoms with van der Waals surface area (Å²) in [5.74, 6) is 1.01. The molecule has 0 saturated heterocycles. The summed E-state index contributed by atoms with van der Waals surface area (Å²) >= 11 is 5.03. The van der Waals surface area contributed by atoms with E-state index in [4.69, 9.17) is 12.2 Å². The van der Waals surface area contributed by atoms with Crippen molar-refractivity contribution in [2.24, 2.45) is 5.92 Å². The third-order valence-corrected chi connectivity index (χ3v) is 3.75. The summed E-state index contributed by atoms with van der Waals surface area (Å²) in [6.07, 6.45) is 3.03. The Morgan fingerprint density at radius 2 is 2.19 bits per heavy atom. The van der Waals surface area contributed by atoms with E-state index in [0.717, 1.165) is 12.1 Å². The first-order valence-corrected chi connectivity index (χ1v) is 5.96. The molecule has 0 spiro atoms. The van der Waals surface area contributed by atoms with Gasteiger partial charge in [0.25, 0.3) is 0 Å². The first-order chi connectivity index (χ1) is 7.75. The van der Waals surface area contributed by atoms with E-state index in [9.17, 15) is 0 Å². The second kappa shape index (κ2) is 3.59. The van der Waals surface area contributed by atoms with E-state index in [1.807, 2.05) is 6.20 Å². The van der Waals surface area contributed by atoms with Crippen LogP contribution in [0.25, 0.3) is 0 Å². The standard InChI is InChI=1S/C13H13N2S/c1-8-10-5-3-2-4-9(10)6-11(8)12-7-14-13(16)15-12/h2-5,7-8,11H,6H2,1H3,(H,14,16). The maximum Gasteiger partial charge on any atom is 0.197 e. The van der Waals surface area contributed by atoms with Gasteiger partial charge in [0.2, 0.25) is 0 Å². The van der Waals surface area contributed by atoms with Crippen LogP contribution in [0.5, 0.6) is 0 Å². The lowest BCUT2D eigenvalue weighted by Crippen LogP contribution is -2.19. The Morgan fingerprint density at radius 3 is 2.88 bits per heavy atom. The number of rotatable bonds is 1. The van der Waals surface area contributed by atoms with Gasteiger partial charge in [0.1, 0.15) is 0 Å². The molecule has 0 aromatic heterocycles. The SMILES string of the molecule is CC1c2ccccc2CC1C1=CNC(=S)[N]1. The van der Waals surface area contributed by atoms with Crippen molar-refractivity contribution in [1.29, 1.82) is 0 Å². The van der Waals surface area contributed by atoms with Crippen molar-refractivity contribution in [3.05, 3.63) is 47.3 Å². The maximum absolute atomic E-state index is 5.03. The normalized spacial score (nSPS) is 27.1. The Balaban J connectivity index is 1.90. The molecule has 1 aliphatic carbocycles. The van der Waals surface area contributed by atoms with Gasteiger partial charge in [-0.2, -0.15) is 0 Å². The zero-order chi connectivity index (χ0) is 11.1. The second-order valence-corrected chi connectivity index (χ2v) is 4.82. The Kier molecular flexibility index (Phi) is 2.21. The number of benzene rings is 1. The molecule has 81 valence electrons. The average molecular weight is 229 g/mol. The van der Waals surface area contributed by atoms with E-state index in [1.54, 1.807) is 0 Å². The smallest absolute Gasteiger partial charge is 0.197 e. The van der Waals surface area contributed by atoms with Gasteiger partial charge in [-0.25, -0.2) is 5.32 Å². The molecule has 1 aromatic carbocycles. The molecule has 1 N–H and O–H groups in total. The van der Waals surface area contributed by atoms with Crippen LogP contribution in [0, 0.1) is 5.92 Å². The molecule has 0 saturated carbocycles. The largest absolute Gasteiger partial charge is 0.336 e. The number of nitrogens with one attached hydrogen (secondary N) is 1. The molecular formula is C13H13N2S. The van der Waals surface area contributed by atoms with Gasteiger partial charge in [-0.05, 0) is 35.7 Å². The van der Waals surface area contributed by atoms with Gasteiger partial charge in [0.15, 0.2) is 5.11 Å². The molecule has 0 fully saturated rings. The molecule has 2 aliphatic rings. The van der Waals surface area contributed by atoms with Crippen molar-refractivity contribution >= 4 is 17.3 Å². The van der Waals surface area contributed by atoms with Crippen LogP contribution in [0.15, 0.2) is 36.2 Å². The van der Waals surface area contributed by atoms with Crippen LogP contribution < -0.4 is 10.6 Å². The molecule has 3 heteroatoms. The van der Waals surface area contributed by atoms with Crippen LogP contribution in [0.1, 0.15) is 24.0 Å². The highest BCUT2D eigenvalue weighted by Gasteiger charge is 2.33. The topological polar surface area (TPSA) is 26.1 Å². The van der Waals surface area contributed by atoms with E-state index in [0.29, 0.717) is 16.9 Å². The molecule has 16 heavy (non-hydrogen) atoms. The summed E-state index contributed by atoms with van der Waals surface area (Å²) in [6.45, 7) is 2.27. The fourth-order valence-corrected chi connectivity index (χ4v) is 2.83. The van der Waals surface area contributed by atoms with Crippen molar-refractivity contribution in [3.63, 3.8) is 0 Å². The van der Waals surface area contributed by atoms with Gasteiger partial charge in [-0.15, -0.1) is 0 Å². The summed E-state index contributed by atoms with van der Waals surface area (Å²) < 4.78 is 0. The van der Waals surface area contributed by atoms with Crippen LogP contribution in [-0.2, 0) is 6.42 Å². The number of nitrogens with zero attached hydrogens (tertiary/aromatic N) is 1. The number of fused-ring (bicyclic) bond motifs is 1. The van der Waals surface area contributed by atoms with Crippen molar-refractivity contribution in [1.82, 2.24) is 10.6 Å². The van der Waals surface area contributed by atoms with Crippen LogP contribution in [0.4, 0.5) is 0 Å². The minimum atomic E-state index is 0.477. The highest BCUT2D eigenvalue weighted by Crippen LogP contribution is 2.41. The Labute approximate surface area is 101 Å². The van der Waals surface area contributed by atoms with Gasteiger partial charge in [-0.3, -0.25) is 0 Å². The molecule has 1 heterocycles. The lowest BCUT2D eigenvalue weighted by atomic mass is 9.92. The number of thiocarbonyl (C=S) groups is 1. The fraction of sp³-hybridized carbons (Fsp3) is 0.308. The van der Waals surface area contributed by atoms with Crippen molar-refractivity contribution in [3.8, 4) is 0 Å². The molecule has 0 amide bonds. The molecule has 1 aromatic rings. The quantitative estimate of drug-likeness (QED) is 0.748. The number of hydrogen-bond acceptors (Lipinski definition) is 1. The molecule has 1 radical (unpaired) electrons. The first-order valence-electron chi connectivity index (χ1n) is 5.56. The second-order valence-electron chi connectivity index (χ2n) is 4.43. The van der Waals surface area contributed by atoms with Crippen molar-refractivity contribution in [2.45, 2.75) is 19.3 Å². The number of hydrogen-bond donors (Lipinski definition) is 1. The third kappa shape index (κ3) is 1.43. The number of allylic oxidation sites excluding steroid dienone is 1. The van der Waals surface area contributed by atoms with E-state index < -0.39 is 0 Å². The zero-order valence-electron chi connectivity index (χ0n) is 9.10. The summed E-state index contributed by atoms with van der Waals surface area (Å²) in [5, 5.41) is 7.98. The minimum Gasteiger partial charge on any atom is -0.336 e. The van der Waals surface area contributed by atoms with Gasteiger partial charge < -0.3 is 5.32 Å². The van der Waals surface area contributed by atoms with Gasteiger partial charge in [0.05, 0.1) is 5.70 Å². The van der Waals surface area contributed by atoms with E-state index in [1.165, 1.54) is 11.1 Å². The highest BCUT2D eigenvalue weighted by molar-refractivity contribution is 7.80. The summed E-state index contributed by atoms with van der Waals surface area (Å²) in [7, 11) is 0. The zero-order valence-corrected chi connectivity index (χ0v) is 9.92. The molecule has 3 rings (SSSR count). The van der Waals surface area contributed by atoms with E-state index in [2.05, 4.69) is 41.8 Å². The molecule has 2 nitrogen and oxygen atoms in total. The van der Waals surface area contributed by atoms with Gasteiger partial charge >= 0.3 is 0 Å². The monoisotopic (exact) mass is 229 g/mol. The molecular weight excluding hydrogens is 216 g/mol. The first kappa shape index (κ1) is 9.85. The van der Waals surface area contributed by atoms with E-state index >= 15 is 0 Å². The summed E-state index contributed by atoms with van der Waals surface area (Å²) in [5.41, 5.74) is 4.02. The van der Waals surface area contributed by atoms with Gasteiger partial charge in [0, 0.05) is 12.1 Å². The third-order valence-electron chi connectivity index (χ3n) is 3.54. The molecule has 2 atom stereocenters. The lowest BCUT2D eigenvalue weighted by Gasteiger charge is -2.15. The summed E-state index contributed by atoms with van der Waals surface area (Å²) in [4.78, 5) is 0. The molecule has 2 unspecified atom stereocenters. The average Bonchev–Trinajstić information content (AvgIpc) is 2.84. The predicted molar refractivity (Wildman–Crippen MR) is 68.0 cm³/mol. The van der Waals surface area contributed by atoms with Crippen LogP contribution in [-0.4, -0.2) is 5.11 Å². The molecule has 1 aliphatic heterocycles. The highest BCUT2D eigenvalue weighted by atomic mass is 32.1. The fourth-order valence-electron chi connectivity index (χ4n) is 2.66. The maximum atomic E-state index is 5.03. The van der Waals surface area contributed by atoms with Crippen LogP contribution >= 0.6 is 12.2 Å². The van der Waals surface area contributed by atoms with Gasteiger partial charge in [-0.1, -0.05) is 31.2 Å². The van der Waals surface area contributed by atoms with E-state index in [-0.39, 0.29) is 0 Å².